The second-order valence-corrected chi connectivity index (χ2v) is 9.25. The molecule has 22 heavy (non-hydrogen) atoms. The van der Waals surface area contributed by atoms with Gasteiger partial charge in [-0.05, 0) is 73.0 Å². The lowest BCUT2D eigenvalue weighted by molar-refractivity contribution is -0.151. The van der Waals surface area contributed by atoms with E-state index in [1.165, 1.54) is 38.5 Å². The minimum atomic E-state index is 0.392. The molecule has 4 aliphatic rings. The van der Waals surface area contributed by atoms with Crippen molar-refractivity contribution in [2.45, 2.75) is 72.1 Å². The summed E-state index contributed by atoms with van der Waals surface area (Å²) in [5.74, 6) is 3.87. The van der Waals surface area contributed by atoms with E-state index in [9.17, 15) is 4.79 Å². The smallest absolute Gasteiger partial charge is 0.136 e. The molecule has 3 unspecified atom stereocenters. The van der Waals surface area contributed by atoms with E-state index in [4.69, 9.17) is 0 Å². The summed E-state index contributed by atoms with van der Waals surface area (Å²) >= 11 is 0. The lowest BCUT2D eigenvalue weighted by Gasteiger charge is -2.58. The van der Waals surface area contributed by atoms with Crippen molar-refractivity contribution in [1.82, 2.24) is 0 Å². The van der Waals surface area contributed by atoms with Crippen molar-refractivity contribution in [2.75, 3.05) is 0 Å². The van der Waals surface area contributed by atoms with Crippen LogP contribution in [0.5, 0.6) is 0 Å². The lowest BCUT2D eigenvalue weighted by Crippen LogP contribution is -2.55. The van der Waals surface area contributed by atoms with E-state index in [0.29, 0.717) is 40.3 Å². The maximum atomic E-state index is 13.1. The fourth-order valence-corrected chi connectivity index (χ4v) is 7.29. The van der Waals surface area contributed by atoms with Gasteiger partial charge in [-0.1, -0.05) is 39.3 Å². The molecule has 0 aromatic rings. The van der Waals surface area contributed by atoms with Crippen LogP contribution in [0.15, 0.2) is 12.2 Å². The minimum Gasteiger partial charge on any atom is -0.299 e. The summed E-state index contributed by atoms with van der Waals surface area (Å²) in [5.41, 5.74) is 0.859. The molecule has 3 fully saturated rings. The largest absolute Gasteiger partial charge is 0.299 e. The van der Waals surface area contributed by atoms with Crippen molar-refractivity contribution in [3.05, 3.63) is 12.2 Å². The molecule has 122 valence electrons. The molecule has 3 saturated carbocycles. The van der Waals surface area contributed by atoms with Gasteiger partial charge in [-0.15, -0.1) is 0 Å². The summed E-state index contributed by atoms with van der Waals surface area (Å²) in [5, 5.41) is 0. The molecule has 1 heteroatoms. The van der Waals surface area contributed by atoms with Crippen LogP contribution in [0.25, 0.3) is 0 Å². The van der Waals surface area contributed by atoms with Crippen LogP contribution >= 0.6 is 0 Å². The van der Waals surface area contributed by atoms with Gasteiger partial charge >= 0.3 is 0 Å². The summed E-state index contributed by atoms with van der Waals surface area (Å²) in [6, 6.07) is 0. The Hall–Kier alpha value is -0.590. The lowest BCUT2D eigenvalue weighted by atomic mass is 9.45. The average molecular weight is 300 g/mol. The van der Waals surface area contributed by atoms with Crippen LogP contribution in [-0.2, 0) is 4.79 Å². The van der Waals surface area contributed by atoms with Gasteiger partial charge in [0.15, 0.2) is 0 Å². The highest BCUT2D eigenvalue weighted by atomic mass is 16.1. The molecule has 1 nitrogen and oxygen atoms in total. The first kappa shape index (κ1) is 15.0. The molecule has 7 atom stereocenters. The Morgan fingerprint density at radius 3 is 2.64 bits per heavy atom. The van der Waals surface area contributed by atoms with E-state index in [1.54, 1.807) is 0 Å². The first-order chi connectivity index (χ1) is 10.5. The Kier molecular flexibility index (Phi) is 3.37. The molecule has 4 aliphatic carbocycles. The van der Waals surface area contributed by atoms with Crippen molar-refractivity contribution in [3.63, 3.8) is 0 Å². The van der Waals surface area contributed by atoms with Crippen LogP contribution in [0, 0.1) is 40.4 Å². The number of ketones is 1. The van der Waals surface area contributed by atoms with Crippen molar-refractivity contribution < 1.29 is 4.79 Å². The predicted octanol–water partition coefficient (Wildman–Crippen LogP) is 5.40. The Labute approximate surface area is 135 Å². The summed E-state index contributed by atoms with van der Waals surface area (Å²) in [7, 11) is 0. The molecule has 0 amide bonds. The van der Waals surface area contributed by atoms with Crippen LogP contribution < -0.4 is 0 Å². The maximum absolute atomic E-state index is 13.1. The molecule has 0 spiro atoms. The Morgan fingerprint density at radius 1 is 1.09 bits per heavy atom. The van der Waals surface area contributed by atoms with Crippen LogP contribution in [0.4, 0.5) is 0 Å². The summed E-state index contributed by atoms with van der Waals surface area (Å²) in [6.45, 7) is 7.40. The molecule has 0 radical (unpaired) electrons. The zero-order valence-corrected chi connectivity index (χ0v) is 14.6. The second kappa shape index (κ2) is 4.95. The quantitative estimate of drug-likeness (QED) is 0.592. The van der Waals surface area contributed by atoms with Gasteiger partial charge in [0, 0.05) is 12.3 Å². The maximum Gasteiger partial charge on any atom is 0.136 e. The van der Waals surface area contributed by atoms with E-state index < -0.39 is 0 Å². The van der Waals surface area contributed by atoms with E-state index in [0.717, 1.165) is 18.8 Å². The zero-order chi connectivity index (χ0) is 15.5. The number of hydrogen-bond donors (Lipinski definition) is 0. The topological polar surface area (TPSA) is 17.1 Å². The normalized spacial score (nSPS) is 53.8. The highest BCUT2D eigenvalue weighted by Gasteiger charge is 2.61. The van der Waals surface area contributed by atoms with Crippen LogP contribution in [-0.4, -0.2) is 5.78 Å². The third-order valence-corrected chi connectivity index (χ3v) is 8.70. The SMILES string of the molecule is CC[C@H]1CCC2C3C(=O)C[C@@H]4CC=CC[C@]4(C)C3CC[C@@]21C. The predicted molar refractivity (Wildman–Crippen MR) is 90.4 cm³/mol. The standard InChI is InChI=1S/C21H32O/c1-4-14-8-9-16-19-17(10-12-21(14,16)3)20(2)11-6-5-7-15(20)13-18(19)22/h5-6,14-17,19H,4,7-13H2,1-3H3/t14-,15-,16?,17?,19?,20-,21+/m0/s1. The Bertz CT molecular complexity index is 506. The molecular formula is C21H32O. The van der Waals surface area contributed by atoms with Crippen LogP contribution in [0.3, 0.4) is 0 Å². The van der Waals surface area contributed by atoms with E-state index in [-0.39, 0.29) is 0 Å². The van der Waals surface area contributed by atoms with Crippen LogP contribution in [0.2, 0.25) is 0 Å². The average Bonchev–Trinajstić information content (AvgIpc) is 2.84. The van der Waals surface area contributed by atoms with Crippen LogP contribution in [0.1, 0.15) is 72.1 Å². The van der Waals surface area contributed by atoms with Gasteiger partial charge in [-0.25, -0.2) is 0 Å². The van der Waals surface area contributed by atoms with Crippen molar-refractivity contribution in [3.8, 4) is 0 Å². The molecule has 4 rings (SSSR count). The first-order valence-corrected chi connectivity index (χ1v) is 9.68. The molecule has 0 N–H and O–H groups in total. The summed E-state index contributed by atoms with van der Waals surface area (Å²) < 4.78 is 0. The van der Waals surface area contributed by atoms with Gasteiger partial charge in [0.2, 0.25) is 0 Å². The number of carbonyl (C=O) groups is 1. The number of hydrogen-bond acceptors (Lipinski definition) is 1. The van der Waals surface area contributed by atoms with E-state index in [1.807, 2.05) is 0 Å². The van der Waals surface area contributed by atoms with Gasteiger partial charge in [-0.2, -0.15) is 0 Å². The minimum absolute atomic E-state index is 0.392. The van der Waals surface area contributed by atoms with Gasteiger partial charge in [-0.3, -0.25) is 4.79 Å². The molecule has 0 aromatic carbocycles. The van der Waals surface area contributed by atoms with Crippen molar-refractivity contribution >= 4 is 5.78 Å². The number of Topliss-reactive ketones (excluding diaryl/α,β-unsaturated/α-hetero) is 1. The molecule has 0 bridgehead atoms. The van der Waals surface area contributed by atoms with Gasteiger partial charge in [0.1, 0.15) is 5.78 Å². The highest BCUT2D eigenvalue weighted by molar-refractivity contribution is 5.83. The number of fused-ring (bicyclic) bond motifs is 5. The van der Waals surface area contributed by atoms with Gasteiger partial charge in [0.05, 0.1) is 0 Å². The van der Waals surface area contributed by atoms with Crippen molar-refractivity contribution in [2.24, 2.45) is 40.4 Å². The zero-order valence-electron chi connectivity index (χ0n) is 14.6. The van der Waals surface area contributed by atoms with Gasteiger partial charge < -0.3 is 0 Å². The van der Waals surface area contributed by atoms with E-state index in [2.05, 4.69) is 32.9 Å². The number of allylic oxidation sites excluding steroid dienone is 2. The second-order valence-electron chi connectivity index (χ2n) is 9.25. The fraction of sp³-hybridized carbons (Fsp3) is 0.857. The summed E-state index contributed by atoms with van der Waals surface area (Å²) in [4.78, 5) is 13.1. The monoisotopic (exact) mass is 300 g/mol. The number of rotatable bonds is 1. The Balaban J connectivity index is 1.70. The molecule has 0 aromatic heterocycles. The fourth-order valence-electron chi connectivity index (χ4n) is 7.29. The Morgan fingerprint density at radius 2 is 1.86 bits per heavy atom. The third kappa shape index (κ3) is 1.80. The molecule has 0 aliphatic heterocycles. The molecule has 0 saturated heterocycles. The third-order valence-electron chi connectivity index (χ3n) is 8.70. The highest BCUT2D eigenvalue weighted by Crippen LogP contribution is 2.66. The molecular weight excluding hydrogens is 268 g/mol. The summed E-state index contributed by atoms with van der Waals surface area (Å²) in [6.07, 6.45) is 14.6. The first-order valence-electron chi connectivity index (χ1n) is 9.68. The van der Waals surface area contributed by atoms with Crippen molar-refractivity contribution in [1.29, 1.82) is 0 Å². The van der Waals surface area contributed by atoms with E-state index >= 15 is 0 Å². The number of carbonyl (C=O) groups excluding carboxylic acids is 1. The molecule has 0 heterocycles. The van der Waals surface area contributed by atoms with Gasteiger partial charge in [0.25, 0.3) is 0 Å².